The van der Waals surface area contributed by atoms with Crippen molar-refractivity contribution in [3.63, 3.8) is 0 Å². The van der Waals surface area contributed by atoms with Gasteiger partial charge in [-0.05, 0) is 11.3 Å². The maximum Gasteiger partial charge on any atom is 0.278 e. The van der Waals surface area contributed by atoms with Crippen LogP contribution in [0.2, 0.25) is 0 Å². The highest BCUT2D eigenvalue weighted by Crippen LogP contribution is 2.35. The average Bonchev–Trinajstić information content (AvgIpc) is 2.89. The third kappa shape index (κ3) is 1.02. The number of carbonyl (C=O) groups is 1. The number of anilines is 1. The van der Waals surface area contributed by atoms with Crippen molar-refractivity contribution in [2.45, 2.75) is 0 Å². The normalized spacial score (nSPS) is 14.4. The zero-order chi connectivity index (χ0) is 11.1. The predicted molar refractivity (Wildman–Crippen MR) is 58.4 cm³/mol. The van der Waals surface area contributed by atoms with Crippen molar-refractivity contribution in [1.82, 2.24) is 15.1 Å². The molecule has 0 spiro atoms. The van der Waals surface area contributed by atoms with E-state index in [9.17, 15) is 4.79 Å². The molecule has 0 radical (unpaired) electrons. The minimum atomic E-state index is -0.174. The van der Waals surface area contributed by atoms with E-state index in [2.05, 4.69) is 16.9 Å². The Balaban J connectivity index is 2.22. The van der Waals surface area contributed by atoms with Gasteiger partial charge in [0.05, 0.1) is 18.1 Å². The first-order valence-corrected chi connectivity index (χ1v) is 4.78. The van der Waals surface area contributed by atoms with Crippen LogP contribution in [-0.2, 0) is 4.79 Å². The summed E-state index contributed by atoms with van der Waals surface area (Å²) in [6.07, 6.45) is 3.14. The number of benzene rings is 1. The molecule has 1 aliphatic rings. The van der Waals surface area contributed by atoms with Gasteiger partial charge >= 0.3 is 0 Å². The number of para-hydroxylation sites is 1. The molecule has 3 rings (SSSR count). The van der Waals surface area contributed by atoms with E-state index in [0.29, 0.717) is 5.57 Å². The highest BCUT2D eigenvalue weighted by Gasteiger charge is 2.32. The second-order valence-corrected chi connectivity index (χ2v) is 3.44. The van der Waals surface area contributed by atoms with Crippen LogP contribution in [0.3, 0.4) is 0 Å². The molecule has 2 aromatic rings. The van der Waals surface area contributed by atoms with Gasteiger partial charge in [0.2, 0.25) is 0 Å². The predicted octanol–water partition coefficient (Wildman–Crippen LogP) is 1.10. The number of aromatic nitrogens is 3. The highest BCUT2D eigenvalue weighted by molar-refractivity contribution is 6.31. The van der Waals surface area contributed by atoms with Crippen LogP contribution >= 0.6 is 0 Å². The van der Waals surface area contributed by atoms with E-state index in [1.807, 2.05) is 24.3 Å². The summed E-state index contributed by atoms with van der Waals surface area (Å²) in [5, 5.41) is 8.95. The van der Waals surface area contributed by atoms with E-state index in [1.165, 1.54) is 16.0 Å². The molecule has 1 aromatic carbocycles. The van der Waals surface area contributed by atoms with Crippen LogP contribution in [0.15, 0.2) is 43.2 Å². The van der Waals surface area contributed by atoms with Crippen molar-refractivity contribution in [2.75, 3.05) is 5.01 Å². The van der Waals surface area contributed by atoms with E-state index >= 15 is 0 Å². The van der Waals surface area contributed by atoms with Crippen molar-refractivity contribution in [2.24, 2.45) is 0 Å². The maximum absolute atomic E-state index is 12.0. The highest BCUT2D eigenvalue weighted by atomic mass is 16.2. The molecule has 1 aromatic heterocycles. The largest absolute Gasteiger partial charge is 0.278 e. The standard InChI is InChI=1S/C11H8N4O/c1-8-9-4-2-3-5-10(9)15(11(8)16)14-7-6-12-13-14/h2-7H,1H2. The van der Waals surface area contributed by atoms with Crippen LogP contribution in [0.25, 0.3) is 5.57 Å². The third-order valence-corrected chi connectivity index (χ3v) is 2.52. The lowest BCUT2D eigenvalue weighted by Gasteiger charge is -2.15. The first-order valence-electron chi connectivity index (χ1n) is 4.78. The lowest BCUT2D eigenvalue weighted by Crippen LogP contribution is -2.32. The molecule has 5 heteroatoms. The Kier molecular flexibility index (Phi) is 1.67. The first-order chi connectivity index (χ1) is 7.79. The quantitative estimate of drug-likeness (QED) is 0.665. The molecule has 2 heterocycles. The van der Waals surface area contributed by atoms with Crippen LogP contribution in [0.4, 0.5) is 5.69 Å². The van der Waals surface area contributed by atoms with Crippen molar-refractivity contribution in [3.8, 4) is 0 Å². The Morgan fingerprint density at radius 3 is 2.81 bits per heavy atom. The number of rotatable bonds is 1. The summed E-state index contributed by atoms with van der Waals surface area (Å²) < 4.78 is 0. The summed E-state index contributed by atoms with van der Waals surface area (Å²) in [5.74, 6) is -0.174. The van der Waals surface area contributed by atoms with Gasteiger partial charge in [0.25, 0.3) is 5.91 Å². The molecule has 1 aliphatic heterocycles. The van der Waals surface area contributed by atoms with E-state index in [-0.39, 0.29) is 5.91 Å². The van der Waals surface area contributed by atoms with Crippen LogP contribution in [0.1, 0.15) is 5.56 Å². The fourth-order valence-electron chi connectivity index (χ4n) is 1.78. The Morgan fingerprint density at radius 1 is 1.25 bits per heavy atom. The van der Waals surface area contributed by atoms with Crippen molar-refractivity contribution >= 4 is 17.2 Å². The summed E-state index contributed by atoms with van der Waals surface area (Å²) in [7, 11) is 0. The zero-order valence-corrected chi connectivity index (χ0v) is 8.37. The van der Waals surface area contributed by atoms with Gasteiger partial charge in [-0.2, -0.15) is 9.80 Å². The average molecular weight is 212 g/mol. The van der Waals surface area contributed by atoms with Gasteiger partial charge in [0, 0.05) is 11.1 Å². The van der Waals surface area contributed by atoms with Gasteiger partial charge in [-0.3, -0.25) is 4.79 Å². The second kappa shape index (κ2) is 3.03. The van der Waals surface area contributed by atoms with Gasteiger partial charge in [0.1, 0.15) is 0 Å². The van der Waals surface area contributed by atoms with Crippen LogP contribution < -0.4 is 5.01 Å². The summed E-state index contributed by atoms with van der Waals surface area (Å²) in [6.45, 7) is 3.78. The summed E-state index contributed by atoms with van der Waals surface area (Å²) in [5.41, 5.74) is 2.09. The Hall–Kier alpha value is -2.43. The van der Waals surface area contributed by atoms with Gasteiger partial charge in [-0.25, -0.2) is 0 Å². The van der Waals surface area contributed by atoms with E-state index < -0.39 is 0 Å². The molecular formula is C11H8N4O. The second-order valence-electron chi connectivity index (χ2n) is 3.44. The number of fused-ring (bicyclic) bond motifs is 1. The fraction of sp³-hybridized carbons (Fsp3) is 0. The van der Waals surface area contributed by atoms with Gasteiger partial charge in [0.15, 0.2) is 0 Å². The van der Waals surface area contributed by atoms with Crippen molar-refractivity contribution in [3.05, 3.63) is 48.8 Å². The Labute approximate surface area is 91.6 Å². The van der Waals surface area contributed by atoms with Crippen LogP contribution in [0, 0.1) is 0 Å². The molecule has 0 saturated heterocycles. The molecular weight excluding hydrogens is 204 g/mol. The molecule has 0 unspecified atom stereocenters. The molecule has 0 aliphatic carbocycles. The minimum Gasteiger partial charge on any atom is -0.267 e. The molecule has 0 fully saturated rings. The minimum absolute atomic E-state index is 0.174. The lowest BCUT2D eigenvalue weighted by molar-refractivity contribution is -0.113. The SMILES string of the molecule is C=C1C(=O)N(n2ccnn2)c2ccccc21. The third-order valence-electron chi connectivity index (χ3n) is 2.52. The molecule has 0 N–H and O–H groups in total. The van der Waals surface area contributed by atoms with E-state index in [4.69, 9.17) is 0 Å². The zero-order valence-electron chi connectivity index (χ0n) is 8.37. The molecule has 16 heavy (non-hydrogen) atoms. The van der Waals surface area contributed by atoms with Crippen LogP contribution in [-0.4, -0.2) is 21.0 Å². The number of amides is 1. The van der Waals surface area contributed by atoms with Crippen molar-refractivity contribution < 1.29 is 4.79 Å². The lowest BCUT2D eigenvalue weighted by atomic mass is 10.1. The molecule has 0 saturated carbocycles. The van der Waals surface area contributed by atoms with E-state index in [1.54, 1.807) is 6.20 Å². The van der Waals surface area contributed by atoms with Crippen molar-refractivity contribution in [1.29, 1.82) is 0 Å². The summed E-state index contributed by atoms with van der Waals surface area (Å²) in [6, 6.07) is 7.47. The monoisotopic (exact) mass is 212 g/mol. The summed E-state index contributed by atoms with van der Waals surface area (Å²) >= 11 is 0. The summed E-state index contributed by atoms with van der Waals surface area (Å²) in [4.78, 5) is 13.4. The smallest absolute Gasteiger partial charge is 0.267 e. The first kappa shape index (κ1) is 8.84. The number of hydrogen-bond donors (Lipinski definition) is 0. The van der Waals surface area contributed by atoms with Gasteiger partial charge < -0.3 is 0 Å². The van der Waals surface area contributed by atoms with Gasteiger partial charge in [-0.1, -0.05) is 24.8 Å². The molecule has 1 amide bonds. The number of nitrogens with zero attached hydrogens (tertiary/aromatic N) is 4. The molecule has 0 bridgehead atoms. The molecule has 78 valence electrons. The molecule has 0 atom stereocenters. The topological polar surface area (TPSA) is 51.0 Å². The fourth-order valence-corrected chi connectivity index (χ4v) is 1.78. The Morgan fingerprint density at radius 2 is 2.06 bits per heavy atom. The molecule has 5 nitrogen and oxygen atoms in total. The maximum atomic E-state index is 12.0. The Bertz CT molecular complexity index is 573. The number of carbonyl (C=O) groups excluding carboxylic acids is 1. The van der Waals surface area contributed by atoms with E-state index in [0.717, 1.165) is 11.3 Å². The van der Waals surface area contributed by atoms with Gasteiger partial charge in [-0.15, -0.1) is 5.10 Å². The number of hydrogen-bond acceptors (Lipinski definition) is 3. The van der Waals surface area contributed by atoms with Crippen LogP contribution in [0.5, 0.6) is 0 Å².